The van der Waals surface area contributed by atoms with Gasteiger partial charge in [0.05, 0.1) is 13.2 Å². The molecular formula is C17H25FN2O2. The zero-order valence-electron chi connectivity index (χ0n) is 13.6. The molecule has 0 saturated carbocycles. The molecule has 4 nitrogen and oxygen atoms in total. The molecule has 2 rings (SSSR count). The molecule has 0 aliphatic carbocycles. The Morgan fingerprint density at radius 3 is 2.86 bits per heavy atom. The highest BCUT2D eigenvalue weighted by Crippen LogP contribution is 2.21. The van der Waals surface area contributed by atoms with Gasteiger partial charge in [0.2, 0.25) is 5.91 Å². The number of likely N-dealkylation sites (tertiary alicyclic amines) is 1. The molecule has 1 aromatic carbocycles. The van der Waals surface area contributed by atoms with Crippen LogP contribution < -0.4 is 4.74 Å². The Kier molecular flexibility index (Phi) is 5.77. The van der Waals surface area contributed by atoms with Gasteiger partial charge >= 0.3 is 0 Å². The molecule has 1 heterocycles. The van der Waals surface area contributed by atoms with E-state index in [2.05, 4.69) is 4.90 Å². The molecule has 0 aromatic heterocycles. The van der Waals surface area contributed by atoms with E-state index in [0.717, 1.165) is 44.3 Å². The first kappa shape index (κ1) is 16.7. The number of likely N-dealkylation sites (N-methyl/N-ethyl adjacent to an activating group) is 1. The van der Waals surface area contributed by atoms with Gasteiger partial charge in [0, 0.05) is 14.1 Å². The van der Waals surface area contributed by atoms with Gasteiger partial charge in [0.15, 0.2) is 11.6 Å². The van der Waals surface area contributed by atoms with Crippen molar-refractivity contribution in [3.8, 4) is 5.75 Å². The van der Waals surface area contributed by atoms with E-state index >= 15 is 0 Å². The van der Waals surface area contributed by atoms with Crippen LogP contribution in [0.5, 0.6) is 5.75 Å². The lowest BCUT2D eigenvalue weighted by Crippen LogP contribution is -2.43. The van der Waals surface area contributed by atoms with Gasteiger partial charge < -0.3 is 9.64 Å². The average Bonchev–Trinajstić information content (AvgIpc) is 2.95. The smallest absolute Gasteiger partial charge is 0.239 e. The SMILES string of the molecule is COc1ccc(CCCN2CCCC2C(=O)N(C)C)cc1F. The van der Waals surface area contributed by atoms with E-state index in [1.165, 1.54) is 13.2 Å². The number of ether oxygens (including phenoxy) is 1. The van der Waals surface area contributed by atoms with Crippen LogP contribution in [0.1, 0.15) is 24.8 Å². The minimum Gasteiger partial charge on any atom is -0.494 e. The van der Waals surface area contributed by atoms with Crippen molar-refractivity contribution in [3.05, 3.63) is 29.6 Å². The second-order valence-electron chi connectivity index (χ2n) is 6.00. The number of amides is 1. The fourth-order valence-corrected chi connectivity index (χ4v) is 3.02. The molecule has 1 amide bonds. The van der Waals surface area contributed by atoms with Crippen molar-refractivity contribution < 1.29 is 13.9 Å². The summed E-state index contributed by atoms with van der Waals surface area (Å²) in [6, 6.07) is 5.11. The van der Waals surface area contributed by atoms with Gasteiger partial charge in [-0.3, -0.25) is 9.69 Å². The van der Waals surface area contributed by atoms with Crippen molar-refractivity contribution in [2.75, 3.05) is 34.3 Å². The van der Waals surface area contributed by atoms with Crippen molar-refractivity contribution in [3.63, 3.8) is 0 Å². The van der Waals surface area contributed by atoms with E-state index in [4.69, 9.17) is 4.74 Å². The molecule has 1 atom stereocenters. The van der Waals surface area contributed by atoms with Crippen LogP contribution in [0.3, 0.4) is 0 Å². The maximum Gasteiger partial charge on any atom is 0.239 e. The molecule has 1 unspecified atom stereocenters. The monoisotopic (exact) mass is 308 g/mol. The quantitative estimate of drug-likeness (QED) is 0.808. The largest absolute Gasteiger partial charge is 0.494 e. The summed E-state index contributed by atoms with van der Waals surface area (Å²) in [6.45, 7) is 1.85. The highest BCUT2D eigenvalue weighted by atomic mass is 19.1. The normalized spacial score (nSPS) is 18.5. The van der Waals surface area contributed by atoms with E-state index in [1.54, 1.807) is 25.1 Å². The topological polar surface area (TPSA) is 32.8 Å². The molecule has 5 heteroatoms. The van der Waals surface area contributed by atoms with Gasteiger partial charge in [-0.25, -0.2) is 4.39 Å². The summed E-state index contributed by atoms with van der Waals surface area (Å²) >= 11 is 0. The molecular weight excluding hydrogens is 283 g/mol. The highest BCUT2D eigenvalue weighted by Gasteiger charge is 2.30. The van der Waals surface area contributed by atoms with Crippen LogP contribution in [-0.2, 0) is 11.2 Å². The summed E-state index contributed by atoms with van der Waals surface area (Å²) in [7, 11) is 5.07. The van der Waals surface area contributed by atoms with Crippen LogP contribution in [0.25, 0.3) is 0 Å². The van der Waals surface area contributed by atoms with Crippen molar-refractivity contribution >= 4 is 5.91 Å². The summed E-state index contributed by atoms with van der Waals surface area (Å²) in [5.74, 6) is 0.148. The second-order valence-corrected chi connectivity index (χ2v) is 6.00. The minimum atomic E-state index is -0.318. The molecule has 0 bridgehead atoms. The summed E-state index contributed by atoms with van der Waals surface area (Å²) < 4.78 is 18.6. The van der Waals surface area contributed by atoms with Crippen molar-refractivity contribution in [1.82, 2.24) is 9.80 Å². The van der Waals surface area contributed by atoms with Crippen molar-refractivity contribution in [1.29, 1.82) is 0 Å². The molecule has 0 spiro atoms. The predicted octanol–water partition coefficient (Wildman–Crippen LogP) is 2.32. The number of benzene rings is 1. The first-order valence-electron chi connectivity index (χ1n) is 7.80. The Labute approximate surface area is 131 Å². The Hall–Kier alpha value is -1.62. The van der Waals surface area contributed by atoms with Crippen molar-refractivity contribution in [2.24, 2.45) is 0 Å². The Morgan fingerprint density at radius 1 is 1.45 bits per heavy atom. The summed E-state index contributed by atoms with van der Waals surface area (Å²) in [5.41, 5.74) is 0.966. The molecule has 1 saturated heterocycles. The number of halogens is 1. The lowest BCUT2D eigenvalue weighted by Gasteiger charge is -2.26. The predicted molar refractivity (Wildman–Crippen MR) is 84.6 cm³/mol. The number of carbonyl (C=O) groups excluding carboxylic acids is 1. The lowest BCUT2D eigenvalue weighted by atomic mass is 10.1. The average molecular weight is 308 g/mol. The van der Waals surface area contributed by atoms with E-state index in [9.17, 15) is 9.18 Å². The fourth-order valence-electron chi connectivity index (χ4n) is 3.02. The first-order valence-corrected chi connectivity index (χ1v) is 7.80. The third-order valence-electron chi connectivity index (χ3n) is 4.22. The van der Waals surface area contributed by atoms with Crippen LogP contribution in [0.15, 0.2) is 18.2 Å². The molecule has 1 aliphatic rings. The van der Waals surface area contributed by atoms with Crippen LogP contribution in [0.2, 0.25) is 0 Å². The summed E-state index contributed by atoms with van der Waals surface area (Å²) in [6.07, 6.45) is 3.73. The maximum absolute atomic E-state index is 13.6. The Balaban J connectivity index is 1.85. The summed E-state index contributed by atoms with van der Waals surface area (Å²) in [4.78, 5) is 16.0. The van der Waals surface area contributed by atoms with Crippen LogP contribution in [0.4, 0.5) is 4.39 Å². The van der Waals surface area contributed by atoms with Gasteiger partial charge in [-0.05, 0) is 56.5 Å². The number of methoxy groups -OCH3 is 1. The van der Waals surface area contributed by atoms with Gasteiger partial charge in [-0.2, -0.15) is 0 Å². The van der Waals surface area contributed by atoms with Crippen LogP contribution >= 0.6 is 0 Å². The zero-order valence-corrected chi connectivity index (χ0v) is 13.6. The molecule has 22 heavy (non-hydrogen) atoms. The number of hydrogen-bond donors (Lipinski definition) is 0. The van der Waals surface area contributed by atoms with Gasteiger partial charge in [-0.1, -0.05) is 6.07 Å². The Bertz CT molecular complexity index is 519. The van der Waals surface area contributed by atoms with Crippen LogP contribution in [-0.4, -0.2) is 56.0 Å². The molecule has 0 radical (unpaired) electrons. The Morgan fingerprint density at radius 2 is 2.23 bits per heavy atom. The van der Waals surface area contributed by atoms with Crippen molar-refractivity contribution in [2.45, 2.75) is 31.7 Å². The minimum absolute atomic E-state index is 0.0163. The summed E-state index contributed by atoms with van der Waals surface area (Å²) in [5, 5.41) is 0. The van der Waals surface area contributed by atoms with Gasteiger partial charge in [-0.15, -0.1) is 0 Å². The third-order valence-corrected chi connectivity index (χ3v) is 4.22. The zero-order chi connectivity index (χ0) is 16.1. The van der Waals surface area contributed by atoms with Gasteiger partial charge in [0.25, 0.3) is 0 Å². The molecule has 1 fully saturated rings. The van der Waals surface area contributed by atoms with Gasteiger partial charge in [0.1, 0.15) is 0 Å². The number of aryl methyl sites for hydroxylation is 1. The number of hydrogen-bond acceptors (Lipinski definition) is 3. The number of carbonyl (C=O) groups is 1. The third kappa shape index (κ3) is 3.97. The van der Waals surface area contributed by atoms with E-state index < -0.39 is 0 Å². The van der Waals surface area contributed by atoms with E-state index in [1.807, 2.05) is 6.07 Å². The fraction of sp³-hybridized carbons (Fsp3) is 0.588. The molecule has 122 valence electrons. The second kappa shape index (κ2) is 7.58. The number of nitrogens with zero attached hydrogens (tertiary/aromatic N) is 2. The van der Waals surface area contributed by atoms with Crippen LogP contribution in [0, 0.1) is 5.82 Å². The first-order chi connectivity index (χ1) is 10.5. The standard InChI is InChI=1S/C17H25FN2O2/c1-19(2)17(21)15-7-5-11-20(15)10-4-6-13-8-9-16(22-3)14(18)12-13/h8-9,12,15H,4-7,10-11H2,1-3H3. The molecule has 1 aromatic rings. The lowest BCUT2D eigenvalue weighted by molar-refractivity contribution is -0.133. The number of rotatable bonds is 6. The molecule has 1 aliphatic heterocycles. The molecule has 0 N–H and O–H groups in total. The van der Waals surface area contributed by atoms with E-state index in [0.29, 0.717) is 0 Å². The maximum atomic E-state index is 13.6. The highest BCUT2D eigenvalue weighted by molar-refractivity contribution is 5.81. The van der Waals surface area contributed by atoms with E-state index in [-0.39, 0.29) is 23.5 Å².